The number of aryl methyl sites for hydroxylation is 1. The Hall–Kier alpha value is -2.17. The molecule has 22 heavy (non-hydrogen) atoms. The highest BCUT2D eigenvalue weighted by Crippen LogP contribution is 2.12. The fourth-order valence-corrected chi connectivity index (χ4v) is 2.17. The van der Waals surface area contributed by atoms with Crippen LogP contribution in [0, 0.1) is 12.7 Å². The van der Waals surface area contributed by atoms with Crippen LogP contribution in [-0.2, 0) is 6.42 Å². The first-order chi connectivity index (χ1) is 10.7. The minimum atomic E-state index is -0.162. The molecule has 1 aromatic heterocycles. The van der Waals surface area contributed by atoms with Crippen molar-refractivity contribution in [1.82, 2.24) is 9.97 Å². The Labute approximate surface area is 131 Å². The third kappa shape index (κ3) is 4.98. The van der Waals surface area contributed by atoms with Crippen LogP contribution in [0.15, 0.2) is 30.3 Å². The number of aromatic nitrogens is 2. The topological polar surface area (TPSA) is 49.8 Å². The Morgan fingerprint density at radius 1 is 1.05 bits per heavy atom. The molecule has 0 aliphatic carbocycles. The second-order valence-electron chi connectivity index (χ2n) is 5.23. The highest BCUT2D eigenvalue weighted by atomic mass is 19.1. The molecule has 0 radical (unpaired) electrons. The summed E-state index contributed by atoms with van der Waals surface area (Å²) in [7, 11) is 0. The monoisotopic (exact) mass is 302 g/mol. The quantitative estimate of drug-likeness (QED) is 0.728. The molecule has 0 unspecified atom stereocenters. The van der Waals surface area contributed by atoms with Crippen LogP contribution in [0.1, 0.15) is 31.2 Å². The van der Waals surface area contributed by atoms with E-state index in [1.165, 1.54) is 6.07 Å². The average molecular weight is 302 g/mol. The number of nitrogens with zero attached hydrogens (tertiary/aromatic N) is 2. The van der Waals surface area contributed by atoms with Crippen LogP contribution in [0.5, 0.6) is 0 Å². The maximum Gasteiger partial charge on any atom is 0.131 e. The van der Waals surface area contributed by atoms with E-state index >= 15 is 0 Å². The van der Waals surface area contributed by atoms with Crippen LogP contribution >= 0.6 is 0 Å². The Morgan fingerprint density at radius 2 is 1.73 bits per heavy atom. The lowest BCUT2D eigenvalue weighted by Gasteiger charge is -2.10. The Balaban J connectivity index is 1.90. The summed E-state index contributed by atoms with van der Waals surface area (Å²) in [6, 6.07) is 8.74. The van der Waals surface area contributed by atoms with Crippen LogP contribution in [0.4, 0.5) is 16.0 Å². The largest absolute Gasteiger partial charge is 0.370 e. The van der Waals surface area contributed by atoms with Crippen LogP contribution in [-0.4, -0.2) is 23.1 Å². The van der Waals surface area contributed by atoms with Crippen molar-refractivity contribution in [3.63, 3.8) is 0 Å². The first kappa shape index (κ1) is 16.2. The van der Waals surface area contributed by atoms with E-state index in [0.29, 0.717) is 18.5 Å². The van der Waals surface area contributed by atoms with Crippen molar-refractivity contribution in [2.24, 2.45) is 0 Å². The molecular formula is C17H23FN4. The van der Waals surface area contributed by atoms with Crippen molar-refractivity contribution < 1.29 is 4.39 Å². The summed E-state index contributed by atoms with van der Waals surface area (Å²) in [6.45, 7) is 5.56. The molecule has 0 aliphatic heterocycles. The van der Waals surface area contributed by atoms with Gasteiger partial charge in [0.25, 0.3) is 0 Å². The first-order valence-electron chi connectivity index (χ1n) is 7.76. The lowest BCUT2D eigenvalue weighted by molar-refractivity contribution is 0.610. The molecule has 0 atom stereocenters. The molecule has 1 aromatic carbocycles. The molecule has 0 fully saturated rings. The molecule has 0 bridgehead atoms. The van der Waals surface area contributed by atoms with Crippen LogP contribution in [0.3, 0.4) is 0 Å². The second kappa shape index (κ2) is 8.32. The molecule has 5 heteroatoms. The molecule has 0 aliphatic rings. The van der Waals surface area contributed by atoms with Gasteiger partial charge in [-0.1, -0.05) is 31.5 Å². The van der Waals surface area contributed by atoms with E-state index in [1.54, 1.807) is 12.1 Å². The van der Waals surface area contributed by atoms with Gasteiger partial charge in [0.2, 0.25) is 0 Å². The molecule has 4 nitrogen and oxygen atoms in total. The minimum absolute atomic E-state index is 0.162. The van der Waals surface area contributed by atoms with Gasteiger partial charge in [-0.2, -0.15) is 0 Å². The highest BCUT2D eigenvalue weighted by Gasteiger charge is 2.03. The number of benzene rings is 1. The summed E-state index contributed by atoms with van der Waals surface area (Å²) >= 11 is 0. The molecule has 1 heterocycles. The summed E-state index contributed by atoms with van der Waals surface area (Å²) < 4.78 is 13.6. The van der Waals surface area contributed by atoms with E-state index in [9.17, 15) is 4.39 Å². The summed E-state index contributed by atoms with van der Waals surface area (Å²) in [5.41, 5.74) is 0.710. The van der Waals surface area contributed by atoms with Gasteiger partial charge < -0.3 is 10.6 Å². The molecule has 2 N–H and O–H groups in total. The van der Waals surface area contributed by atoms with Gasteiger partial charge in [0.05, 0.1) is 0 Å². The van der Waals surface area contributed by atoms with Gasteiger partial charge in [-0.15, -0.1) is 0 Å². The summed E-state index contributed by atoms with van der Waals surface area (Å²) in [6.07, 6.45) is 2.87. The average Bonchev–Trinajstić information content (AvgIpc) is 2.49. The van der Waals surface area contributed by atoms with Crippen molar-refractivity contribution in [1.29, 1.82) is 0 Å². The lowest BCUT2D eigenvalue weighted by atomic mass is 10.1. The van der Waals surface area contributed by atoms with E-state index in [-0.39, 0.29) is 5.82 Å². The third-order valence-corrected chi connectivity index (χ3v) is 3.33. The smallest absolute Gasteiger partial charge is 0.131 e. The summed E-state index contributed by atoms with van der Waals surface area (Å²) in [5.74, 6) is 2.15. The standard InChI is InChI=1S/C17H23FN4/c1-3-4-10-19-16-12-17(22-13(2)21-16)20-11-9-14-7-5-6-8-15(14)18/h5-8,12H,3-4,9-11H2,1-2H3,(H2,19,20,21,22). The molecular weight excluding hydrogens is 279 g/mol. The van der Waals surface area contributed by atoms with Crippen LogP contribution < -0.4 is 10.6 Å². The predicted octanol–water partition coefficient (Wildman–Crippen LogP) is 3.79. The number of anilines is 2. The maximum absolute atomic E-state index is 13.6. The van der Waals surface area contributed by atoms with E-state index < -0.39 is 0 Å². The molecule has 0 amide bonds. The Kier molecular flexibility index (Phi) is 6.13. The fourth-order valence-electron chi connectivity index (χ4n) is 2.17. The second-order valence-corrected chi connectivity index (χ2v) is 5.23. The van der Waals surface area contributed by atoms with Gasteiger partial charge in [0, 0.05) is 19.2 Å². The van der Waals surface area contributed by atoms with Gasteiger partial charge in [-0.25, -0.2) is 14.4 Å². The minimum Gasteiger partial charge on any atom is -0.370 e. The molecule has 118 valence electrons. The van der Waals surface area contributed by atoms with Crippen molar-refractivity contribution in [2.45, 2.75) is 33.1 Å². The summed E-state index contributed by atoms with van der Waals surface area (Å²) in [4.78, 5) is 8.72. The third-order valence-electron chi connectivity index (χ3n) is 3.33. The number of halogens is 1. The van der Waals surface area contributed by atoms with E-state index in [4.69, 9.17) is 0 Å². The zero-order chi connectivity index (χ0) is 15.8. The fraction of sp³-hybridized carbons (Fsp3) is 0.412. The van der Waals surface area contributed by atoms with Gasteiger partial charge in [0.15, 0.2) is 0 Å². The molecule has 2 aromatic rings. The normalized spacial score (nSPS) is 10.5. The van der Waals surface area contributed by atoms with Crippen LogP contribution in [0.2, 0.25) is 0 Å². The number of nitrogens with one attached hydrogen (secondary N) is 2. The molecule has 0 saturated carbocycles. The Bertz CT molecular complexity index is 601. The molecule has 0 saturated heterocycles. The van der Waals surface area contributed by atoms with E-state index in [0.717, 1.165) is 36.8 Å². The van der Waals surface area contributed by atoms with E-state index in [1.807, 2.05) is 19.1 Å². The maximum atomic E-state index is 13.6. The van der Waals surface area contributed by atoms with Crippen LogP contribution in [0.25, 0.3) is 0 Å². The SMILES string of the molecule is CCCCNc1cc(NCCc2ccccc2F)nc(C)n1. The Morgan fingerprint density at radius 3 is 2.41 bits per heavy atom. The zero-order valence-electron chi connectivity index (χ0n) is 13.2. The van der Waals surface area contributed by atoms with Gasteiger partial charge in [0.1, 0.15) is 23.3 Å². The van der Waals surface area contributed by atoms with Gasteiger partial charge >= 0.3 is 0 Å². The van der Waals surface area contributed by atoms with E-state index in [2.05, 4.69) is 27.5 Å². The molecule has 2 rings (SSSR count). The van der Waals surface area contributed by atoms with Crippen molar-refractivity contribution in [3.05, 3.63) is 47.5 Å². The highest BCUT2D eigenvalue weighted by molar-refractivity contribution is 5.47. The number of hydrogen-bond donors (Lipinski definition) is 2. The number of rotatable bonds is 8. The van der Waals surface area contributed by atoms with Gasteiger partial charge in [-0.05, 0) is 31.4 Å². The molecule has 0 spiro atoms. The first-order valence-corrected chi connectivity index (χ1v) is 7.76. The van der Waals surface area contributed by atoms with Crippen molar-refractivity contribution >= 4 is 11.6 Å². The summed E-state index contributed by atoms with van der Waals surface area (Å²) in [5, 5.41) is 6.53. The zero-order valence-corrected chi connectivity index (χ0v) is 13.2. The lowest BCUT2D eigenvalue weighted by Crippen LogP contribution is -2.10. The van der Waals surface area contributed by atoms with Crippen molar-refractivity contribution in [3.8, 4) is 0 Å². The van der Waals surface area contributed by atoms with Gasteiger partial charge in [-0.3, -0.25) is 0 Å². The number of hydrogen-bond acceptors (Lipinski definition) is 4. The van der Waals surface area contributed by atoms with Crippen molar-refractivity contribution in [2.75, 3.05) is 23.7 Å². The number of unbranched alkanes of at least 4 members (excludes halogenated alkanes) is 1. The predicted molar refractivity (Wildman–Crippen MR) is 88.8 cm³/mol.